The number of aromatic hydroxyl groups is 1. The van der Waals surface area contributed by atoms with Crippen molar-refractivity contribution in [2.45, 2.75) is 103 Å². The number of phenols is 1. The second-order valence-electron chi connectivity index (χ2n) is 15.1. The molecule has 1 saturated heterocycles. The molecule has 296 valence electrons. The number of aryl methyl sites for hydroxylation is 2. The number of benzene rings is 3. The van der Waals surface area contributed by atoms with Crippen molar-refractivity contribution in [3.63, 3.8) is 0 Å². The molecule has 4 rings (SSSR count). The van der Waals surface area contributed by atoms with Gasteiger partial charge < -0.3 is 51.5 Å². The zero-order valence-electron chi connectivity index (χ0n) is 31.9. The highest BCUT2D eigenvalue weighted by Crippen LogP contribution is 2.35. The molecule has 3 aromatic carbocycles. The van der Waals surface area contributed by atoms with Crippen molar-refractivity contribution in [1.29, 1.82) is 0 Å². The van der Waals surface area contributed by atoms with E-state index in [4.69, 9.17) is 4.74 Å². The molecule has 9 N–H and O–H groups in total. The first-order valence-electron chi connectivity index (χ1n) is 18.0. The number of nitrogens with one attached hydrogen (secondary N) is 4. The van der Waals surface area contributed by atoms with Crippen LogP contribution in [0.4, 0.5) is 5.69 Å². The summed E-state index contributed by atoms with van der Waals surface area (Å²) in [4.78, 5) is 50.5. The molecule has 3 aromatic rings. The third-order valence-electron chi connectivity index (χ3n) is 9.21. The Labute approximate surface area is 320 Å². The standard InChI is InChI=1S/C41H52N4O10/c1-23-17-29(18-24(2)34(23)49)38(52)43-22-32(48)35(50)36-33(44-25(3)46)31(47)20-41(55-36,39(53)54)16-8-11-26-9-7-10-27(19-26)21-42-37(51)28-12-14-30(15-13-28)45-40(4,5)6/h7-15,17-19,31-33,35-36,45,47-50H,16,20-22H2,1-6H3,(H,42,51)(H,43,52)(H,44,46)(H,53,54)/b11-8+/t31-,32+,33+,35+,36+,41+/m0/s1. The van der Waals surface area contributed by atoms with Crippen LogP contribution < -0.4 is 21.3 Å². The van der Waals surface area contributed by atoms with Crippen LogP contribution in [0.25, 0.3) is 6.08 Å². The molecule has 14 heteroatoms. The van der Waals surface area contributed by atoms with Crippen molar-refractivity contribution < 1.29 is 49.4 Å². The first-order chi connectivity index (χ1) is 25.8. The Bertz CT molecular complexity index is 1870. The molecule has 0 saturated carbocycles. The summed E-state index contributed by atoms with van der Waals surface area (Å²) in [6.45, 7) is 10.3. The van der Waals surface area contributed by atoms with Crippen molar-refractivity contribution in [3.8, 4) is 5.75 Å². The predicted molar refractivity (Wildman–Crippen MR) is 206 cm³/mol. The Hall–Kier alpha value is -5.28. The minimum absolute atomic E-state index is 0.0438. The molecule has 1 heterocycles. The lowest BCUT2D eigenvalue weighted by molar-refractivity contribution is -0.226. The summed E-state index contributed by atoms with van der Waals surface area (Å²) < 4.78 is 6.01. The van der Waals surface area contributed by atoms with E-state index >= 15 is 0 Å². The highest BCUT2D eigenvalue weighted by molar-refractivity contribution is 5.95. The Kier molecular flexibility index (Phi) is 13.8. The largest absolute Gasteiger partial charge is 0.507 e. The van der Waals surface area contributed by atoms with Crippen LogP contribution in [0.5, 0.6) is 5.75 Å². The van der Waals surface area contributed by atoms with Crippen molar-refractivity contribution in [2.75, 3.05) is 11.9 Å². The maximum atomic E-state index is 12.8. The van der Waals surface area contributed by atoms with Gasteiger partial charge in [0, 0.05) is 55.2 Å². The van der Waals surface area contributed by atoms with Gasteiger partial charge in [-0.3, -0.25) is 14.4 Å². The molecule has 55 heavy (non-hydrogen) atoms. The van der Waals surface area contributed by atoms with Crippen LogP contribution in [0.3, 0.4) is 0 Å². The summed E-state index contributed by atoms with van der Waals surface area (Å²) in [6.07, 6.45) is -4.16. The van der Waals surface area contributed by atoms with Crippen LogP contribution in [-0.4, -0.2) is 97.4 Å². The van der Waals surface area contributed by atoms with E-state index in [0.29, 0.717) is 22.3 Å². The zero-order chi connectivity index (χ0) is 40.7. The first kappa shape index (κ1) is 42.5. The van der Waals surface area contributed by atoms with Gasteiger partial charge in [-0.05, 0) is 99.3 Å². The number of carbonyl (C=O) groups excluding carboxylic acids is 3. The maximum Gasteiger partial charge on any atom is 0.336 e. The van der Waals surface area contributed by atoms with Crippen LogP contribution in [0.2, 0.25) is 0 Å². The second kappa shape index (κ2) is 17.9. The number of hydrogen-bond acceptors (Lipinski definition) is 10. The van der Waals surface area contributed by atoms with E-state index in [9.17, 15) is 44.7 Å². The molecular weight excluding hydrogens is 708 g/mol. The molecule has 6 atom stereocenters. The monoisotopic (exact) mass is 760 g/mol. The number of anilines is 1. The number of rotatable bonds is 14. The van der Waals surface area contributed by atoms with Crippen molar-refractivity contribution >= 4 is 35.5 Å². The Morgan fingerprint density at radius 1 is 0.945 bits per heavy atom. The Morgan fingerprint density at radius 3 is 2.18 bits per heavy atom. The number of aliphatic carboxylic acids is 1. The highest BCUT2D eigenvalue weighted by atomic mass is 16.6. The molecule has 0 aromatic heterocycles. The Morgan fingerprint density at radius 2 is 1.58 bits per heavy atom. The Balaban J connectivity index is 1.43. The fourth-order valence-electron chi connectivity index (χ4n) is 6.46. The number of carbonyl (C=O) groups is 4. The fourth-order valence-corrected chi connectivity index (χ4v) is 6.46. The summed E-state index contributed by atoms with van der Waals surface area (Å²) in [5.74, 6) is -2.83. The highest BCUT2D eigenvalue weighted by Gasteiger charge is 2.54. The van der Waals surface area contributed by atoms with Gasteiger partial charge in [-0.25, -0.2) is 4.79 Å². The van der Waals surface area contributed by atoms with E-state index in [1.165, 1.54) is 19.1 Å². The van der Waals surface area contributed by atoms with Crippen molar-refractivity contribution in [2.24, 2.45) is 0 Å². The molecule has 0 bridgehead atoms. The average Bonchev–Trinajstić information content (AvgIpc) is 3.11. The number of carboxylic acids is 1. The number of carboxylic acid groups (broad SMARTS) is 1. The van der Waals surface area contributed by atoms with Crippen molar-refractivity contribution in [3.05, 3.63) is 100 Å². The molecule has 0 unspecified atom stereocenters. The molecule has 0 aliphatic carbocycles. The van der Waals surface area contributed by atoms with Crippen molar-refractivity contribution in [1.82, 2.24) is 16.0 Å². The SMILES string of the molecule is CC(=O)N[C@H]1[C@H]([C@H](O)[C@H](O)CNC(=O)c2cc(C)c(O)c(C)c2)O[C@@](C/C=C/c2cccc(CNC(=O)c3ccc(NC(C)(C)C)cc3)c2)(C(=O)O)C[C@@H]1O. The maximum absolute atomic E-state index is 12.8. The molecule has 1 aliphatic rings. The molecule has 1 fully saturated rings. The quantitative estimate of drug-likeness (QED) is 0.116. The molecular formula is C41H52N4O10. The topological polar surface area (TPSA) is 227 Å². The number of aliphatic hydroxyl groups excluding tert-OH is 3. The van der Waals surface area contributed by atoms with Gasteiger partial charge in [0.2, 0.25) is 5.91 Å². The number of hydrogen-bond donors (Lipinski definition) is 9. The second-order valence-corrected chi connectivity index (χ2v) is 15.1. The summed E-state index contributed by atoms with van der Waals surface area (Å²) in [6, 6.07) is 16.0. The van der Waals surface area contributed by atoms with E-state index in [1.54, 1.807) is 50.3 Å². The van der Waals surface area contributed by atoms with Crippen LogP contribution in [0, 0.1) is 13.8 Å². The first-order valence-corrected chi connectivity index (χ1v) is 18.0. The lowest BCUT2D eigenvalue weighted by Gasteiger charge is -2.47. The van der Waals surface area contributed by atoms with E-state index in [-0.39, 0.29) is 35.7 Å². The van der Waals surface area contributed by atoms with Crippen LogP contribution in [0.1, 0.15) is 83.5 Å². The van der Waals surface area contributed by atoms with E-state index in [2.05, 4.69) is 21.3 Å². The predicted octanol–water partition coefficient (Wildman–Crippen LogP) is 3.18. The molecule has 0 spiro atoms. The lowest BCUT2D eigenvalue weighted by Crippen LogP contribution is -2.67. The third kappa shape index (κ3) is 11.4. The number of aliphatic hydroxyl groups is 3. The lowest BCUT2D eigenvalue weighted by atomic mass is 9.81. The van der Waals surface area contributed by atoms with E-state index in [0.717, 1.165) is 11.3 Å². The molecule has 1 aliphatic heterocycles. The van der Waals surface area contributed by atoms with Gasteiger partial charge in [-0.1, -0.05) is 30.4 Å². The number of amides is 3. The summed E-state index contributed by atoms with van der Waals surface area (Å²) >= 11 is 0. The molecule has 3 amide bonds. The van der Waals surface area contributed by atoms with Gasteiger partial charge in [0.05, 0.1) is 18.2 Å². The van der Waals surface area contributed by atoms with Crippen LogP contribution in [-0.2, 0) is 20.9 Å². The zero-order valence-corrected chi connectivity index (χ0v) is 31.9. The molecule has 14 nitrogen and oxygen atoms in total. The number of phenolic OH excluding ortho intramolecular Hbond substituents is 1. The van der Waals surface area contributed by atoms with Gasteiger partial charge >= 0.3 is 5.97 Å². The minimum atomic E-state index is -2.07. The van der Waals surface area contributed by atoms with Gasteiger partial charge in [0.25, 0.3) is 11.8 Å². The van der Waals surface area contributed by atoms with E-state index < -0.39 is 66.8 Å². The third-order valence-corrected chi connectivity index (χ3v) is 9.21. The van der Waals surface area contributed by atoms with E-state index in [1.807, 2.05) is 45.0 Å². The van der Waals surface area contributed by atoms with Gasteiger partial charge in [0.15, 0.2) is 5.60 Å². The fraction of sp³-hybridized carbons (Fsp3) is 0.415. The smallest absolute Gasteiger partial charge is 0.336 e. The normalized spacial score (nSPS) is 21.0. The van der Waals surface area contributed by atoms with Gasteiger partial charge in [-0.2, -0.15) is 0 Å². The summed E-state index contributed by atoms with van der Waals surface area (Å²) in [5.41, 5.74) is 1.84. The van der Waals surface area contributed by atoms with Gasteiger partial charge in [0.1, 0.15) is 18.0 Å². The average molecular weight is 761 g/mol. The molecule has 0 radical (unpaired) electrons. The summed E-state index contributed by atoms with van der Waals surface area (Å²) in [5, 5.41) is 65.0. The summed E-state index contributed by atoms with van der Waals surface area (Å²) in [7, 11) is 0. The minimum Gasteiger partial charge on any atom is -0.507 e. The van der Waals surface area contributed by atoms with Gasteiger partial charge in [-0.15, -0.1) is 0 Å². The van der Waals surface area contributed by atoms with Crippen LogP contribution >= 0.6 is 0 Å². The van der Waals surface area contributed by atoms with Crippen LogP contribution in [0.15, 0.2) is 66.7 Å². The number of ether oxygens (including phenoxy) is 1.